The Labute approximate surface area is 114 Å². The molecule has 1 aromatic heterocycles. The molecule has 0 amide bonds. The van der Waals surface area contributed by atoms with Gasteiger partial charge in [-0.05, 0) is 38.4 Å². The summed E-state index contributed by atoms with van der Waals surface area (Å²) in [6.07, 6.45) is 4.98. The summed E-state index contributed by atoms with van der Waals surface area (Å²) in [4.78, 5) is 4.10. The minimum absolute atomic E-state index is 0.249. The average molecular weight is 283 g/mol. The van der Waals surface area contributed by atoms with Crippen LogP contribution in [0, 0.1) is 0 Å². The third kappa shape index (κ3) is 3.99. The van der Waals surface area contributed by atoms with E-state index in [0.717, 1.165) is 19.4 Å². The molecule has 1 aliphatic rings. The summed E-state index contributed by atoms with van der Waals surface area (Å²) in [5, 5.41) is 2.70. The van der Waals surface area contributed by atoms with Crippen molar-refractivity contribution in [2.45, 2.75) is 37.5 Å². The molecule has 0 aromatic carbocycles. The zero-order chi connectivity index (χ0) is 13.7. The molecule has 2 N–H and O–H groups in total. The molecule has 106 valence electrons. The van der Waals surface area contributed by atoms with Crippen LogP contribution in [0.4, 0.5) is 0 Å². The Kier molecular flexibility index (Phi) is 4.90. The summed E-state index contributed by atoms with van der Waals surface area (Å²) < 4.78 is 27.1. The van der Waals surface area contributed by atoms with Crippen LogP contribution in [0.25, 0.3) is 0 Å². The van der Waals surface area contributed by atoms with Gasteiger partial charge in [-0.3, -0.25) is 4.98 Å². The molecule has 0 radical (unpaired) electrons. The van der Waals surface area contributed by atoms with E-state index in [1.54, 1.807) is 31.3 Å². The van der Waals surface area contributed by atoms with Gasteiger partial charge in [0.2, 0.25) is 10.0 Å². The molecule has 1 fully saturated rings. The first-order valence-corrected chi connectivity index (χ1v) is 8.27. The highest BCUT2D eigenvalue weighted by atomic mass is 32.2. The molecular formula is C13H21N3O2S. The van der Waals surface area contributed by atoms with Crippen molar-refractivity contribution in [2.75, 3.05) is 13.1 Å². The molecule has 0 spiro atoms. The van der Waals surface area contributed by atoms with Crippen molar-refractivity contribution >= 4 is 10.0 Å². The molecule has 2 rings (SSSR count). The number of hydrogen-bond donors (Lipinski definition) is 2. The molecule has 1 saturated heterocycles. The minimum atomic E-state index is -3.37. The number of sulfonamides is 1. The number of nitrogens with zero attached hydrogens (tertiary/aromatic N) is 1. The maximum absolute atomic E-state index is 12.2. The Balaban J connectivity index is 1.94. The van der Waals surface area contributed by atoms with Crippen LogP contribution >= 0.6 is 0 Å². The van der Waals surface area contributed by atoms with E-state index in [4.69, 9.17) is 0 Å². The van der Waals surface area contributed by atoms with Crippen molar-refractivity contribution < 1.29 is 8.42 Å². The Morgan fingerprint density at radius 1 is 1.47 bits per heavy atom. The van der Waals surface area contributed by atoms with E-state index in [1.807, 2.05) is 0 Å². The summed E-state index contributed by atoms with van der Waals surface area (Å²) >= 11 is 0. The second kappa shape index (κ2) is 6.45. The van der Waals surface area contributed by atoms with Gasteiger partial charge in [0.1, 0.15) is 5.25 Å². The maximum atomic E-state index is 12.2. The smallest absolute Gasteiger partial charge is 0.220 e. The summed E-state index contributed by atoms with van der Waals surface area (Å²) in [7, 11) is -3.37. The first-order chi connectivity index (χ1) is 9.09. The van der Waals surface area contributed by atoms with E-state index in [1.165, 1.54) is 6.42 Å². The van der Waals surface area contributed by atoms with Crippen LogP contribution in [0.1, 0.15) is 37.1 Å². The maximum Gasteiger partial charge on any atom is 0.220 e. The Hall–Kier alpha value is -0.980. The molecule has 5 nitrogen and oxygen atoms in total. The molecule has 6 heteroatoms. The number of pyridine rings is 1. The fraction of sp³-hybridized carbons (Fsp3) is 0.615. The molecule has 1 aromatic rings. The normalized spacial score (nSPS) is 22.1. The largest absolute Gasteiger partial charge is 0.313 e. The van der Waals surface area contributed by atoms with Crippen molar-refractivity contribution in [1.82, 2.24) is 15.0 Å². The second-order valence-corrected chi connectivity index (χ2v) is 7.02. The number of piperidine rings is 1. The lowest BCUT2D eigenvalue weighted by molar-refractivity contribution is 0.397. The van der Waals surface area contributed by atoms with Crippen molar-refractivity contribution in [2.24, 2.45) is 0 Å². The molecule has 0 saturated carbocycles. The van der Waals surface area contributed by atoms with Crippen molar-refractivity contribution in [3.05, 3.63) is 30.1 Å². The lowest BCUT2D eigenvalue weighted by atomic mass is 10.1. The second-order valence-electron chi connectivity index (χ2n) is 4.94. The standard InChI is InChI=1S/C13H21N3O2S/c1-11(13-7-3-5-9-15-13)19(17,18)16-10-12-6-2-4-8-14-12/h3,5,7,9,11-12,14,16H,2,4,6,8,10H2,1H3. The van der Waals surface area contributed by atoms with Crippen molar-refractivity contribution in [1.29, 1.82) is 0 Å². The first kappa shape index (κ1) is 14.4. The van der Waals surface area contributed by atoms with Gasteiger partial charge in [-0.25, -0.2) is 13.1 Å². The van der Waals surface area contributed by atoms with Gasteiger partial charge in [-0.15, -0.1) is 0 Å². The van der Waals surface area contributed by atoms with Crippen LogP contribution in [0.2, 0.25) is 0 Å². The zero-order valence-electron chi connectivity index (χ0n) is 11.2. The van der Waals surface area contributed by atoms with E-state index in [2.05, 4.69) is 15.0 Å². The van der Waals surface area contributed by atoms with Gasteiger partial charge in [-0.1, -0.05) is 12.5 Å². The molecule has 0 bridgehead atoms. The third-order valence-corrected chi connectivity index (χ3v) is 5.25. The summed E-state index contributed by atoms with van der Waals surface area (Å²) in [5.74, 6) is 0. The van der Waals surface area contributed by atoms with Crippen LogP contribution in [0.5, 0.6) is 0 Å². The molecular weight excluding hydrogens is 262 g/mol. The summed E-state index contributed by atoms with van der Waals surface area (Å²) in [6, 6.07) is 5.57. The SMILES string of the molecule is CC(c1ccccn1)S(=O)(=O)NCC1CCCCN1. The highest BCUT2D eigenvalue weighted by molar-refractivity contribution is 7.89. The highest BCUT2D eigenvalue weighted by Crippen LogP contribution is 2.18. The molecule has 1 aliphatic heterocycles. The zero-order valence-corrected chi connectivity index (χ0v) is 12.0. The van der Waals surface area contributed by atoms with Crippen molar-refractivity contribution in [3.63, 3.8) is 0 Å². The third-order valence-electron chi connectivity index (χ3n) is 3.51. The van der Waals surface area contributed by atoms with E-state index in [0.29, 0.717) is 12.2 Å². The van der Waals surface area contributed by atoms with E-state index < -0.39 is 15.3 Å². The fourth-order valence-corrected chi connectivity index (χ4v) is 3.36. The van der Waals surface area contributed by atoms with Gasteiger partial charge in [-0.2, -0.15) is 0 Å². The van der Waals surface area contributed by atoms with Crippen LogP contribution in [0.15, 0.2) is 24.4 Å². The number of aromatic nitrogens is 1. The molecule has 19 heavy (non-hydrogen) atoms. The Morgan fingerprint density at radius 2 is 2.32 bits per heavy atom. The highest BCUT2D eigenvalue weighted by Gasteiger charge is 2.24. The van der Waals surface area contributed by atoms with Crippen LogP contribution < -0.4 is 10.0 Å². The molecule has 2 heterocycles. The topological polar surface area (TPSA) is 71.1 Å². The monoisotopic (exact) mass is 283 g/mol. The number of hydrogen-bond acceptors (Lipinski definition) is 4. The van der Waals surface area contributed by atoms with Gasteiger partial charge >= 0.3 is 0 Å². The number of nitrogens with one attached hydrogen (secondary N) is 2. The predicted octanol–water partition coefficient (Wildman–Crippen LogP) is 1.20. The summed E-state index contributed by atoms with van der Waals surface area (Å²) in [6.45, 7) is 3.10. The molecule has 0 aliphatic carbocycles. The fourth-order valence-electron chi connectivity index (χ4n) is 2.22. The van der Waals surface area contributed by atoms with Gasteiger partial charge in [0.05, 0.1) is 5.69 Å². The first-order valence-electron chi connectivity index (χ1n) is 6.72. The quantitative estimate of drug-likeness (QED) is 0.852. The van der Waals surface area contributed by atoms with E-state index in [9.17, 15) is 8.42 Å². The number of rotatable bonds is 5. The van der Waals surface area contributed by atoms with Gasteiger partial charge in [0, 0.05) is 18.8 Å². The van der Waals surface area contributed by atoms with Gasteiger partial charge in [0.25, 0.3) is 0 Å². The molecule has 2 atom stereocenters. The van der Waals surface area contributed by atoms with Gasteiger partial charge in [0.15, 0.2) is 0 Å². The predicted molar refractivity (Wildman–Crippen MR) is 75.2 cm³/mol. The average Bonchev–Trinajstić information content (AvgIpc) is 2.46. The van der Waals surface area contributed by atoms with Crippen molar-refractivity contribution in [3.8, 4) is 0 Å². The minimum Gasteiger partial charge on any atom is -0.313 e. The van der Waals surface area contributed by atoms with Crippen LogP contribution in [-0.2, 0) is 10.0 Å². The Morgan fingerprint density at radius 3 is 2.95 bits per heavy atom. The van der Waals surface area contributed by atoms with E-state index in [-0.39, 0.29) is 6.04 Å². The Bertz CT molecular complexity index is 484. The summed E-state index contributed by atoms with van der Waals surface area (Å²) in [5.41, 5.74) is 0.576. The van der Waals surface area contributed by atoms with Gasteiger partial charge < -0.3 is 5.32 Å². The lowest BCUT2D eigenvalue weighted by Gasteiger charge is -2.24. The van der Waals surface area contributed by atoms with Crippen LogP contribution in [0.3, 0.4) is 0 Å². The lowest BCUT2D eigenvalue weighted by Crippen LogP contribution is -2.44. The van der Waals surface area contributed by atoms with Crippen LogP contribution in [-0.4, -0.2) is 32.5 Å². The molecule has 2 unspecified atom stereocenters. The van der Waals surface area contributed by atoms with E-state index >= 15 is 0 Å².